The summed E-state index contributed by atoms with van der Waals surface area (Å²) in [6.07, 6.45) is 0.934. The van der Waals surface area contributed by atoms with Crippen molar-refractivity contribution < 1.29 is 18.5 Å². The Morgan fingerprint density at radius 3 is 2.38 bits per heavy atom. The van der Waals surface area contributed by atoms with Crippen LogP contribution < -0.4 is 0 Å². The van der Waals surface area contributed by atoms with Gasteiger partial charge in [-0.05, 0) is 24.3 Å². The molecule has 1 heterocycles. The maximum atomic E-state index is 14.1. The largest absolute Gasteiger partial charge is 0.338 e. The standard InChI is InChI=1S/C14H16F2N2O3/c1-8-5-9(2)7-17(6-8)14(19)12-10(15)3-4-11(13(12)16)18(20)21/h3-4,8-9H,5-7H2,1-2H3. The first-order valence-electron chi connectivity index (χ1n) is 6.73. The minimum Gasteiger partial charge on any atom is -0.338 e. The number of nitro benzene ring substituents is 1. The number of carbonyl (C=O) groups excluding carboxylic acids is 1. The van der Waals surface area contributed by atoms with Crippen molar-refractivity contribution in [3.05, 3.63) is 39.4 Å². The molecule has 0 aliphatic carbocycles. The lowest BCUT2D eigenvalue weighted by Gasteiger charge is -2.35. The molecule has 0 saturated carbocycles. The lowest BCUT2D eigenvalue weighted by molar-refractivity contribution is -0.387. The van der Waals surface area contributed by atoms with E-state index >= 15 is 0 Å². The molecule has 5 nitrogen and oxygen atoms in total. The van der Waals surface area contributed by atoms with Gasteiger partial charge in [-0.3, -0.25) is 14.9 Å². The molecule has 7 heteroatoms. The Morgan fingerprint density at radius 1 is 1.29 bits per heavy atom. The SMILES string of the molecule is CC1CC(C)CN(C(=O)c2c(F)ccc([N+](=O)[O-])c2F)C1. The zero-order chi connectivity index (χ0) is 15.7. The van der Waals surface area contributed by atoms with Crippen LogP contribution in [0.1, 0.15) is 30.6 Å². The third kappa shape index (κ3) is 3.01. The van der Waals surface area contributed by atoms with Gasteiger partial charge in [-0.15, -0.1) is 0 Å². The fraction of sp³-hybridized carbons (Fsp3) is 0.500. The highest BCUT2D eigenvalue weighted by Crippen LogP contribution is 2.27. The van der Waals surface area contributed by atoms with Crippen LogP contribution >= 0.6 is 0 Å². The van der Waals surface area contributed by atoms with Crippen LogP contribution in [0.4, 0.5) is 14.5 Å². The van der Waals surface area contributed by atoms with Gasteiger partial charge < -0.3 is 4.90 Å². The van der Waals surface area contributed by atoms with E-state index in [1.807, 2.05) is 13.8 Å². The normalized spacial score (nSPS) is 22.2. The van der Waals surface area contributed by atoms with Crippen LogP contribution in [0.5, 0.6) is 0 Å². The first-order chi connectivity index (χ1) is 9.81. The minimum absolute atomic E-state index is 0.225. The van der Waals surface area contributed by atoms with Crippen molar-refractivity contribution in [2.24, 2.45) is 11.8 Å². The van der Waals surface area contributed by atoms with Gasteiger partial charge in [0.05, 0.1) is 4.92 Å². The fourth-order valence-electron chi connectivity index (χ4n) is 2.87. The molecule has 2 rings (SSSR count). The minimum atomic E-state index is -1.41. The molecule has 0 spiro atoms. The van der Waals surface area contributed by atoms with Gasteiger partial charge in [0.2, 0.25) is 5.82 Å². The number of benzene rings is 1. The van der Waals surface area contributed by atoms with Gasteiger partial charge in [-0.2, -0.15) is 4.39 Å². The van der Waals surface area contributed by atoms with E-state index in [9.17, 15) is 23.7 Å². The van der Waals surface area contributed by atoms with Gasteiger partial charge in [0.15, 0.2) is 0 Å². The molecule has 114 valence electrons. The maximum absolute atomic E-state index is 14.1. The van der Waals surface area contributed by atoms with Gasteiger partial charge in [-0.1, -0.05) is 13.8 Å². The van der Waals surface area contributed by atoms with Crippen LogP contribution in [0.3, 0.4) is 0 Å². The van der Waals surface area contributed by atoms with Crippen LogP contribution in [0, 0.1) is 33.6 Å². The smallest absolute Gasteiger partial charge is 0.305 e. The second kappa shape index (κ2) is 5.75. The van der Waals surface area contributed by atoms with Gasteiger partial charge in [0.25, 0.3) is 5.91 Å². The van der Waals surface area contributed by atoms with E-state index < -0.39 is 33.7 Å². The second-order valence-corrected chi connectivity index (χ2v) is 5.67. The summed E-state index contributed by atoms with van der Waals surface area (Å²) in [5, 5.41) is 10.7. The number of nitrogens with zero attached hydrogens (tertiary/aromatic N) is 2. The monoisotopic (exact) mass is 298 g/mol. The number of nitro groups is 1. The van der Waals surface area contributed by atoms with Crippen LogP contribution in [0.15, 0.2) is 12.1 Å². The summed E-state index contributed by atoms with van der Waals surface area (Å²) >= 11 is 0. The second-order valence-electron chi connectivity index (χ2n) is 5.67. The van der Waals surface area contributed by atoms with E-state index in [-0.39, 0.29) is 11.8 Å². The number of amides is 1. The predicted octanol–water partition coefficient (Wildman–Crippen LogP) is 2.99. The molecule has 0 radical (unpaired) electrons. The highest BCUT2D eigenvalue weighted by atomic mass is 19.1. The molecule has 0 N–H and O–H groups in total. The van der Waals surface area contributed by atoms with Crippen molar-refractivity contribution in [2.75, 3.05) is 13.1 Å². The molecule has 1 aromatic carbocycles. The number of carbonyl (C=O) groups is 1. The van der Waals surface area contributed by atoms with Crippen molar-refractivity contribution in [3.8, 4) is 0 Å². The summed E-state index contributed by atoms with van der Waals surface area (Å²) in [6.45, 7) is 4.70. The number of hydrogen-bond acceptors (Lipinski definition) is 3. The van der Waals surface area contributed by atoms with Crippen molar-refractivity contribution in [1.82, 2.24) is 4.90 Å². The Kier molecular flexibility index (Phi) is 4.20. The Hall–Kier alpha value is -2.05. The summed E-state index contributed by atoms with van der Waals surface area (Å²) in [4.78, 5) is 23.4. The molecule has 1 aliphatic heterocycles. The van der Waals surface area contributed by atoms with Gasteiger partial charge >= 0.3 is 5.69 Å². The van der Waals surface area contributed by atoms with Crippen LogP contribution in [0.2, 0.25) is 0 Å². The summed E-state index contributed by atoms with van der Waals surface area (Å²) < 4.78 is 27.8. The third-order valence-electron chi connectivity index (χ3n) is 3.64. The van der Waals surface area contributed by atoms with Crippen LogP contribution in [-0.4, -0.2) is 28.8 Å². The molecule has 1 saturated heterocycles. The third-order valence-corrected chi connectivity index (χ3v) is 3.64. The number of rotatable bonds is 2. The summed E-state index contributed by atoms with van der Waals surface area (Å²) in [5.41, 5.74) is -1.73. The summed E-state index contributed by atoms with van der Waals surface area (Å²) in [6, 6.07) is 1.48. The van der Waals surface area contributed by atoms with E-state index in [0.717, 1.165) is 18.6 Å². The van der Waals surface area contributed by atoms with Crippen LogP contribution in [-0.2, 0) is 0 Å². The molecule has 0 aromatic heterocycles. The quantitative estimate of drug-likeness (QED) is 0.623. The zero-order valence-electron chi connectivity index (χ0n) is 11.8. The van der Waals surface area contributed by atoms with Crippen LogP contribution in [0.25, 0.3) is 0 Å². The van der Waals surface area contributed by atoms with Crippen molar-refractivity contribution in [1.29, 1.82) is 0 Å². The van der Waals surface area contributed by atoms with Crippen molar-refractivity contribution >= 4 is 11.6 Å². The first-order valence-corrected chi connectivity index (χ1v) is 6.73. The van der Waals surface area contributed by atoms with Crippen molar-refractivity contribution in [2.45, 2.75) is 20.3 Å². The molecule has 2 atom stereocenters. The van der Waals surface area contributed by atoms with E-state index in [1.54, 1.807) is 0 Å². The highest BCUT2D eigenvalue weighted by molar-refractivity contribution is 5.95. The van der Waals surface area contributed by atoms with E-state index in [0.29, 0.717) is 13.1 Å². The molecule has 1 fully saturated rings. The van der Waals surface area contributed by atoms with E-state index in [4.69, 9.17) is 0 Å². The summed E-state index contributed by atoms with van der Waals surface area (Å²) in [7, 11) is 0. The van der Waals surface area contributed by atoms with Gasteiger partial charge in [-0.25, -0.2) is 4.39 Å². The summed E-state index contributed by atoms with van der Waals surface area (Å²) in [5.74, 6) is -2.86. The number of piperidine rings is 1. The number of halogens is 2. The van der Waals surface area contributed by atoms with E-state index in [1.165, 1.54) is 4.90 Å². The highest BCUT2D eigenvalue weighted by Gasteiger charge is 2.32. The molecule has 0 bridgehead atoms. The van der Waals surface area contributed by atoms with E-state index in [2.05, 4.69) is 0 Å². The lowest BCUT2D eigenvalue weighted by Crippen LogP contribution is -2.43. The molecule has 1 aromatic rings. The Morgan fingerprint density at radius 2 is 1.86 bits per heavy atom. The molecule has 21 heavy (non-hydrogen) atoms. The maximum Gasteiger partial charge on any atom is 0.305 e. The fourth-order valence-corrected chi connectivity index (χ4v) is 2.87. The average Bonchev–Trinajstić information content (AvgIpc) is 2.36. The molecular formula is C14H16F2N2O3. The lowest BCUT2D eigenvalue weighted by atomic mass is 9.91. The topological polar surface area (TPSA) is 63.5 Å². The number of hydrogen-bond donors (Lipinski definition) is 0. The first kappa shape index (κ1) is 15.3. The van der Waals surface area contributed by atoms with Crippen molar-refractivity contribution in [3.63, 3.8) is 0 Å². The predicted molar refractivity (Wildman–Crippen MR) is 71.9 cm³/mol. The van der Waals surface area contributed by atoms with Gasteiger partial charge in [0, 0.05) is 19.2 Å². The zero-order valence-corrected chi connectivity index (χ0v) is 11.8. The number of likely N-dealkylation sites (tertiary alicyclic amines) is 1. The van der Waals surface area contributed by atoms with Gasteiger partial charge in [0.1, 0.15) is 11.4 Å². The average molecular weight is 298 g/mol. The molecular weight excluding hydrogens is 282 g/mol. The molecule has 1 aliphatic rings. The Labute approximate surface area is 120 Å². The molecule has 2 unspecified atom stereocenters. The molecule has 1 amide bonds. The Balaban J connectivity index is 2.39. The Bertz CT molecular complexity index is 582.